The van der Waals surface area contributed by atoms with Crippen molar-refractivity contribution in [1.29, 1.82) is 0 Å². The van der Waals surface area contributed by atoms with E-state index in [0.717, 1.165) is 11.0 Å². The number of aromatic nitrogens is 2. The normalized spacial score (nSPS) is 10.5. The van der Waals surface area contributed by atoms with Crippen LogP contribution in [0, 0.1) is 0 Å². The highest BCUT2D eigenvalue weighted by Crippen LogP contribution is 2.16. The summed E-state index contributed by atoms with van der Waals surface area (Å²) in [6.45, 7) is 0. The molecule has 6 heteroatoms. The number of nitrogens with one attached hydrogen (secondary N) is 3. The van der Waals surface area contributed by atoms with Crippen molar-refractivity contribution in [2.45, 2.75) is 0 Å². The van der Waals surface area contributed by atoms with E-state index in [1.165, 1.54) is 0 Å². The summed E-state index contributed by atoms with van der Waals surface area (Å²) < 4.78 is 0. The van der Waals surface area contributed by atoms with Crippen LogP contribution in [0.25, 0.3) is 11.0 Å². The molecule has 0 bridgehead atoms. The van der Waals surface area contributed by atoms with Gasteiger partial charge in [-0.3, -0.25) is 14.9 Å². The number of aromatic amines is 1. The number of fused-ring (bicyclic) bond motifs is 1. The zero-order valence-corrected chi connectivity index (χ0v) is 14.3. The molecule has 0 aliphatic carbocycles. The first-order chi connectivity index (χ1) is 13.2. The predicted octanol–water partition coefficient (Wildman–Crippen LogP) is 4.07. The van der Waals surface area contributed by atoms with Crippen LogP contribution in [0.1, 0.15) is 20.7 Å². The zero-order chi connectivity index (χ0) is 18.6. The van der Waals surface area contributed by atoms with E-state index < -0.39 is 0 Å². The summed E-state index contributed by atoms with van der Waals surface area (Å²) in [5.41, 5.74) is 3.29. The first-order valence-electron chi connectivity index (χ1n) is 8.41. The van der Waals surface area contributed by atoms with Crippen LogP contribution < -0.4 is 10.6 Å². The Hall–Kier alpha value is -3.93. The maximum Gasteiger partial charge on any atom is 0.257 e. The number of hydrogen-bond donors (Lipinski definition) is 3. The molecule has 2 amide bonds. The lowest BCUT2D eigenvalue weighted by atomic mass is 10.1. The fraction of sp³-hybridized carbons (Fsp3) is 0. The maximum absolute atomic E-state index is 12.4. The lowest BCUT2D eigenvalue weighted by Crippen LogP contribution is -2.14. The van der Waals surface area contributed by atoms with Crippen molar-refractivity contribution in [3.05, 3.63) is 90.0 Å². The molecule has 6 nitrogen and oxygen atoms in total. The fourth-order valence-electron chi connectivity index (χ4n) is 2.69. The van der Waals surface area contributed by atoms with Gasteiger partial charge in [0.05, 0.1) is 11.0 Å². The molecule has 4 rings (SSSR count). The number of carbonyl (C=O) groups excluding carboxylic acids is 2. The van der Waals surface area contributed by atoms with Gasteiger partial charge in [0.1, 0.15) is 0 Å². The molecule has 0 fully saturated rings. The lowest BCUT2D eigenvalue weighted by molar-refractivity contribution is 0.101. The molecule has 3 N–H and O–H groups in total. The number of rotatable bonds is 4. The van der Waals surface area contributed by atoms with Gasteiger partial charge in [-0.2, -0.15) is 0 Å². The second-order valence-electron chi connectivity index (χ2n) is 5.95. The van der Waals surface area contributed by atoms with Gasteiger partial charge in [-0.15, -0.1) is 0 Å². The predicted molar refractivity (Wildman–Crippen MR) is 105 cm³/mol. The van der Waals surface area contributed by atoms with Crippen molar-refractivity contribution < 1.29 is 9.59 Å². The number of carbonyl (C=O) groups is 2. The Kier molecular flexibility index (Phi) is 4.37. The largest absolute Gasteiger partial charge is 0.324 e. The molecule has 1 heterocycles. The van der Waals surface area contributed by atoms with Gasteiger partial charge in [-0.25, -0.2) is 4.98 Å². The second kappa shape index (κ2) is 7.13. The molecule has 0 saturated carbocycles. The van der Waals surface area contributed by atoms with Gasteiger partial charge in [-0.05, 0) is 48.5 Å². The molecule has 0 radical (unpaired) electrons. The molecule has 0 saturated heterocycles. The van der Waals surface area contributed by atoms with E-state index in [0.29, 0.717) is 22.8 Å². The SMILES string of the molecule is O=C(Nc1ccc(C(=O)Nc2nc3ccccc3[nH]2)cc1)c1ccccc1. The Morgan fingerprint density at radius 2 is 1.33 bits per heavy atom. The van der Waals surface area contributed by atoms with Crippen molar-refractivity contribution in [2.24, 2.45) is 0 Å². The third kappa shape index (κ3) is 3.69. The van der Waals surface area contributed by atoms with Crippen molar-refractivity contribution in [2.75, 3.05) is 10.6 Å². The van der Waals surface area contributed by atoms with Gasteiger partial charge in [0.15, 0.2) is 0 Å². The Labute approximate surface area is 155 Å². The summed E-state index contributed by atoms with van der Waals surface area (Å²) in [7, 11) is 0. The Bertz CT molecular complexity index is 1070. The summed E-state index contributed by atoms with van der Waals surface area (Å²) in [6, 6.07) is 23.2. The van der Waals surface area contributed by atoms with E-state index in [9.17, 15) is 9.59 Å². The smallest absolute Gasteiger partial charge is 0.257 e. The molecular formula is C21H16N4O2. The number of benzene rings is 3. The van der Waals surface area contributed by atoms with Gasteiger partial charge in [0, 0.05) is 16.8 Å². The Balaban J connectivity index is 1.43. The van der Waals surface area contributed by atoms with E-state index in [4.69, 9.17) is 0 Å². The van der Waals surface area contributed by atoms with Crippen molar-refractivity contribution >= 4 is 34.5 Å². The van der Waals surface area contributed by atoms with Crippen LogP contribution in [0.3, 0.4) is 0 Å². The number of nitrogens with zero attached hydrogens (tertiary/aromatic N) is 1. The highest BCUT2D eigenvalue weighted by Gasteiger charge is 2.10. The molecule has 132 valence electrons. The molecule has 0 unspecified atom stereocenters. The summed E-state index contributed by atoms with van der Waals surface area (Å²) >= 11 is 0. The van der Waals surface area contributed by atoms with Crippen molar-refractivity contribution in [3.8, 4) is 0 Å². The minimum Gasteiger partial charge on any atom is -0.324 e. The lowest BCUT2D eigenvalue weighted by Gasteiger charge is -2.06. The average molecular weight is 356 g/mol. The van der Waals surface area contributed by atoms with Gasteiger partial charge in [0.25, 0.3) is 11.8 Å². The number of hydrogen-bond acceptors (Lipinski definition) is 3. The van der Waals surface area contributed by atoms with Crippen molar-refractivity contribution in [3.63, 3.8) is 0 Å². The zero-order valence-electron chi connectivity index (χ0n) is 14.3. The summed E-state index contributed by atoms with van der Waals surface area (Å²) in [4.78, 5) is 31.9. The second-order valence-corrected chi connectivity index (χ2v) is 5.95. The molecular weight excluding hydrogens is 340 g/mol. The number of H-pyrrole nitrogens is 1. The van der Waals surface area contributed by atoms with E-state index in [1.807, 2.05) is 30.3 Å². The molecule has 1 aromatic heterocycles. The van der Waals surface area contributed by atoms with Crippen LogP contribution in [0.2, 0.25) is 0 Å². The summed E-state index contributed by atoms with van der Waals surface area (Å²) in [6.07, 6.45) is 0. The topological polar surface area (TPSA) is 86.9 Å². The summed E-state index contributed by atoms with van der Waals surface area (Å²) in [5.74, 6) is -0.0901. The first kappa shape index (κ1) is 16.5. The third-order valence-electron chi connectivity index (χ3n) is 4.06. The quantitative estimate of drug-likeness (QED) is 0.515. The van der Waals surface area contributed by atoms with Crippen LogP contribution in [0.15, 0.2) is 78.9 Å². The Morgan fingerprint density at radius 1 is 0.704 bits per heavy atom. The maximum atomic E-state index is 12.4. The Morgan fingerprint density at radius 3 is 2.07 bits per heavy atom. The highest BCUT2D eigenvalue weighted by molar-refractivity contribution is 6.06. The van der Waals surface area contributed by atoms with Crippen LogP contribution in [-0.2, 0) is 0 Å². The molecule has 0 aliphatic rings. The molecule has 0 spiro atoms. The summed E-state index contributed by atoms with van der Waals surface area (Å²) in [5, 5.41) is 5.54. The van der Waals surface area contributed by atoms with Crippen LogP contribution in [-0.4, -0.2) is 21.8 Å². The number of anilines is 2. The highest BCUT2D eigenvalue weighted by atomic mass is 16.2. The molecule has 0 atom stereocenters. The molecule has 0 aliphatic heterocycles. The van der Waals surface area contributed by atoms with Gasteiger partial charge in [-0.1, -0.05) is 30.3 Å². The van der Waals surface area contributed by atoms with Gasteiger partial charge in [0.2, 0.25) is 5.95 Å². The van der Waals surface area contributed by atoms with E-state index in [1.54, 1.807) is 48.5 Å². The first-order valence-corrected chi connectivity index (χ1v) is 8.41. The van der Waals surface area contributed by atoms with Gasteiger partial charge >= 0.3 is 0 Å². The monoisotopic (exact) mass is 356 g/mol. The molecule has 4 aromatic rings. The van der Waals surface area contributed by atoms with E-state index >= 15 is 0 Å². The number of amides is 2. The van der Waals surface area contributed by atoms with Crippen molar-refractivity contribution in [1.82, 2.24) is 9.97 Å². The molecule has 3 aromatic carbocycles. The van der Waals surface area contributed by atoms with E-state index in [2.05, 4.69) is 20.6 Å². The van der Waals surface area contributed by atoms with Gasteiger partial charge < -0.3 is 10.3 Å². The minimum absolute atomic E-state index is 0.199. The number of imidazole rings is 1. The van der Waals surface area contributed by atoms with Crippen LogP contribution in [0.5, 0.6) is 0 Å². The number of para-hydroxylation sites is 2. The standard InChI is InChI=1S/C21H16N4O2/c26-19(14-6-2-1-3-7-14)22-16-12-10-15(11-13-16)20(27)25-21-23-17-8-4-5-9-18(17)24-21/h1-13H,(H,22,26)(H2,23,24,25,27). The minimum atomic E-state index is -0.282. The van der Waals surface area contributed by atoms with Crippen LogP contribution in [0.4, 0.5) is 11.6 Å². The fourth-order valence-corrected chi connectivity index (χ4v) is 2.69. The third-order valence-corrected chi connectivity index (χ3v) is 4.06. The molecule has 27 heavy (non-hydrogen) atoms. The van der Waals surface area contributed by atoms with Crippen LogP contribution >= 0.6 is 0 Å². The van der Waals surface area contributed by atoms with E-state index in [-0.39, 0.29) is 11.8 Å². The average Bonchev–Trinajstić information content (AvgIpc) is 3.11.